The van der Waals surface area contributed by atoms with Gasteiger partial charge in [-0.15, -0.1) is 0 Å². The molecule has 0 aliphatic carbocycles. The van der Waals surface area contributed by atoms with Gasteiger partial charge in [-0.05, 0) is 44.9 Å². The van der Waals surface area contributed by atoms with Crippen molar-refractivity contribution in [1.82, 2.24) is 10.3 Å². The molecule has 0 spiro atoms. The Hall–Kier alpha value is -1.09. The fraction of sp³-hybridized carbons (Fsp3) is 0.722. The van der Waals surface area contributed by atoms with Gasteiger partial charge in [0, 0.05) is 19.1 Å². The first-order valence-corrected chi connectivity index (χ1v) is 8.47. The van der Waals surface area contributed by atoms with Crippen molar-refractivity contribution in [1.29, 1.82) is 0 Å². The normalized spacial score (nSPS) is 11.4. The predicted octanol–water partition coefficient (Wildman–Crippen LogP) is 4.23. The van der Waals surface area contributed by atoms with E-state index in [-0.39, 0.29) is 0 Å². The Balaban J connectivity index is 2.65. The van der Waals surface area contributed by atoms with E-state index in [4.69, 9.17) is 4.98 Å². The number of nitrogens with zero attached hydrogens (tertiary/aromatic N) is 2. The maximum absolute atomic E-state index is 4.83. The number of pyridine rings is 1. The van der Waals surface area contributed by atoms with Crippen LogP contribution in [0.5, 0.6) is 0 Å². The van der Waals surface area contributed by atoms with E-state index >= 15 is 0 Å². The molecule has 21 heavy (non-hydrogen) atoms. The number of unbranched alkanes of at least 4 members (excludes halogenated alkanes) is 2. The van der Waals surface area contributed by atoms with Crippen LogP contribution >= 0.6 is 0 Å². The molecule has 0 atom stereocenters. The summed E-state index contributed by atoms with van der Waals surface area (Å²) >= 11 is 0. The lowest BCUT2D eigenvalue weighted by Crippen LogP contribution is -2.32. The minimum Gasteiger partial charge on any atom is -0.354 e. The van der Waals surface area contributed by atoms with Gasteiger partial charge in [-0.3, -0.25) is 0 Å². The van der Waals surface area contributed by atoms with Crippen LogP contribution in [0.4, 0.5) is 5.82 Å². The second-order valence-corrected chi connectivity index (χ2v) is 6.51. The lowest BCUT2D eigenvalue weighted by molar-refractivity contribution is 0.547. The van der Waals surface area contributed by atoms with Crippen molar-refractivity contribution in [3.63, 3.8) is 0 Å². The summed E-state index contributed by atoms with van der Waals surface area (Å²) in [6, 6.07) is 6.87. The molecule has 0 saturated heterocycles. The largest absolute Gasteiger partial charge is 0.354 e. The predicted molar refractivity (Wildman–Crippen MR) is 92.8 cm³/mol. The number of nitrogens with one attached hydrogen (secondary N) is 1. The van der Waals surface area contributed by atoms with E-state index < -0.39 is 0 Å². The van der Waals surface area contributed by atoms with Crippen molar-refractivity contribution in [3.05, 3.63) is 23.9 Å². The Labute approximate surface area is 131 Å². The third-order valence-electron chi connectivity index (χ3n) is 3.57. The average Bonchev–Trinajstić information content (AvgIpc) is 2.43. The summed E-state index contributed by atoms with van der Waals surface area (Å²) in [6.07, 6.45) is 3.80. The third-order valence-corrected chi connectivity index (χ3v) is 3.57. The van der Waals surface area contributed by atoms with E-state index in [2.05, 4.69) is 63.0 Å². The van der Waals surface area contributed by atoms with E-state index in [1.165, 1.54) is 19.3 Å². The van der Waals surface area contributed by atoms with Crippen LogP contribution in [-0.2, 0) is 6.54 Å². The van der Waals surface area contributed by atoms with Crippen LogP contribution in [0.15, 0.2) is 18.2 Å². The molecule has 0 bridgehead atoms. The van der Waals surface area contributed by atoms with Gasteiger partial charge in [0.15, 0.2) is 0 Å². The van der Waals surface area contributed by atoms with Gasteiger partial charge in [0.05, 0.1) is 5.69 Å². The van der Waals surface area contributed by atoms with Crippen LogP contribution in [0.2, 0.25) is 0 Å². The van der Waals surface area contributed by atoms with Gasteiger partial charge in [-0.2, -0.15) is 0 Å². The van der Waals surface area contributed by atoms with Crippen molar-refractivity contribution in [2.75, 3.05) is 18.0 Å². The molecule has 0 aliphatic heterocycles. The minimum absolute atomic E-state index is 0.494. The standard InChI is InChI=1S/C18H33N3/c1-6-7-8-12-21(16(4)5)18-11-9-10-17(20-18)14-19-13-15(2)3/h9-11,15-16,19H,6-8,12-14H2,1-5H3. The molecule has 1 N–H and O–H groups in total. The molecule has 3 nitrogen and oxygen atoms in total. The molecule has 0 fully saturated rings. The van der Waals surface area contributed by atoms with Crippen molar-refractivity contribution in [3.8, 4) is 0 Å². The number of anilines is 1. The number of rotatable bonds is 10. The maximum Gasteiger partial charge on any atom is 0.129 e. The van der Waals surface area contributed by atoms with Crippen LogP contribution in [0.3, 0.4) is 0 Å². The quantitative estimate of drug-likeness (QED) is 0.654. The second kappa shape index (κ2) is 9.78. The van der Waals surface area contributed by atoms with Gasteiger partial charge >= 0.3 is 0 Å². The summed E-state index contributed by atoms with van der Waals surface area (Å²) in [5.41, 5.74) is 1.13. The molecule has 0 saturated carbocycles. The summed E-state index contributed by atoms with van der Waals surface area (Å²) in [5, 5.41) is 3.47. The molecule has 120 valence electrons. The monoisotopic (exact) mass is 291 g/mol. The summed E-state index contributed by atoms with van der Waals surface area (Å²) in [6.45, 7) is 14.2. The molecule has 0 amide bonds. The van der Waals surface area contributed by atoms with Gasteiger partial charge in [-0.1, -0.05) is 39.7 Å². The maximum atomic E-state index is 4.83. The van der Waals surface area contributed by atoms with E-state index in [1.54, 1.807) is 0 Å². The Morgan fingerprint density at radius 2 is 1.90 bits per heavy atom. The summed E-state index contributed by atoms with van der Waals surface area (Å²) in [5.74, 6) is 1.79. The van der Waals surface area contributed by atoms with Crippen LogP contribution < -0.4 is 10.2 Å². The highest BCUT2D eigenvalue weighted by Gasteiger charge is 2.11. The van der Waals surface area contributed by atoms with Crippen molar-refractivity contribution in [2.24, 2.45) is 5.92 Å². The topological polar surface area (TPSA) is 28.2 Å². The molecule has 1 aromatic rings. The van der Waals surface area contributed by atoms with Gasteiger partial charge in [0.1, 0.15) is 5.82 Å². The number of hydrogen-bond donors (Lipinski definition) is 1. The second-order valence-electron chi connectivity index (χ2n) is 6.51. The van der Waals surface area contributed by atoms with E-state index in [9.17, 15) is 0 Å². The Morgan fingerprint density at radius 3 is 2.52 bits per heavy atom. The first-order chi connectivity index (χ1) is 10.0. The molecule has 0 aliphatic rings. The molecule has 1 rings (SSSR count). The van der Waals surface area contributed by atoms with Crippen molar-refractivity contribution >= 4 is 5.82 Å². The fourth-order valence-electron chi connectivity index (χ4n) is 2.38. The molecule has 0 radical (unpaired) electrons. The zero-order chi connectivity index (χ0) is 15.7. The number of aromatic nitrogens is 1. The smallest absolute Gasteiger partial charge is 0.129 e. The molecule has 1 heterocycles. The zero-order valence-electron chi connectivity index (χ0n) is 14.5. The Morgan fingerprint density at radius 1 is 1.14 bits per heavy atom. The van der Waals surface area contributed by atoms with Crippen LogP contribution in [0, 0.1) is 5.92 Å². The molecule has 1 aromatic heterocycles. The van der Waals surface area contributed by atoms with E-state index in [0.717, 1.165) is 31.1 Å². The summed E-state index contributed by atoms with van der Waals surface area (Å²) < 4.78 is 0. The molecule has 0 aromatic carbocycles. The molecule has 0 unspecified atom stereocenters. The molecular formula is C18H33N3. The fourth-order valence-corrected chi connectivity index (χ4v) is 2.38. The van der Waals surface area contributed by atoms with Gasteiger partial charge in [0.2, 0.25) is 0 Å². The lowest BCUT2D eigenvalue weighted by atomic mass is 10.2. The third kappa shape index (κ3) is 6.94. The minimum atomic E-state index is 0.494. The zero-order valence-corrected chi connectivity index (χ0v) is 14.5. The van der Waals surface area contributed by atoms with E-state index in [0.29, 0.717) is 12.0 Å². The van der Waals surface area contributed by atoms with Gasteiger partial charge < -0.3 is 10.2 Å². The summed E-state index contributed by atoms with van der Waals surface area (Å²) in [7, 11) is 0. The Bertz CT molecular complexity index is 388. The first-order valence-electron chi connectivity index (χ1n) is 8.47. The number of hydrogen-bond acceptors (Lipinski definition) is 3. The van der Waals surface area contributed by atoms with E-state index in [1.807, 2.05) is 0 Å². The highest BCUT2D eigenvalue weighted by Crippen LogP contribution is 2.16. The van der Waals surface area contributed by atoms with Crippen molar-refractivity contribution in [2.45, 2.75) is 66.5 Å². The Kier molecular flexibility index (Phi) is 8.36. The molecular weight excluding hydrogens is 258 g/mol. The van der Waals surface area contributed by atoms with Crippen molar-refractivity contribution < 1.29 is 0 Å². The lowest BCUT2D eigenvalue weighted by Gasteiger charge is -2.28. The highest BCUT2D eigenvalue weighted by atomic mass is 15.2. The first kappa shape index (κ1) is 18.0. The molecule has 3 heteroatoms. The van der Waals surface area contributed by atoms with Gasteiger partial charge in [-0.25, -0.2) is 4.98 Å². The SMILES string of the molecule is CCCCCN(c1cccc(CNCC(C)C)n1)C(C)C. The van der Waals surface area contributed by atoms with Crippen LogP contribution in [-0.4, -0.2) is 24.1 Å². The highest BCUT2D eigenvalue weighted by molar-refractivity contribution is 5.40. The van der Waals surface area contributed by atoms with Crippen LogP contribution in [0.1, 0.15) is 59.6 Å². The van der Waals surface area contributed by atoms with Crippen LogP contribution in [0.25, 0.3) is 0 Å². The summed E-state index contributed by atoms with van der Waals surface area (Å²) in [4.78, 5) is 7.25. The average molecular weight is 291 g/mol. The van der Waals surface area contributed by atoms with Gasteiger partial charge in [0.25, 0.3) is 0 Å².